The van der Waals surface area contributed by atoms with Crippen LogP contribution in [0.5, 0.6) is 0 Å². The molecule has 2 N–H and O–H groups in total. The highest BCUT2D eigenvalue weighted by atomic mass is 16.4. The summed E-state index contributed by atoms with van der Waals surface area (Å²) in [6.45, 7) is 0.467. The van der Waals surface area contributed by atoms with Crippen LogP contribution in [-0.4, -0.2) is 30.8 Å². The second kappa shape index (κ2) is 4.61. The minimum absolute atomic E-state index is 0.263. The highest BCUT2D eigenvalue weighted by molar-refractivity contribution is 5.91. The standard InChI is InChI=1S/C13H10N4O3/c18-11-9-6-16-17(7-8-1-3-14-4-2-8)12(9)15-5-10(11)13(19)20/h1-6H,7H2,(H,15,18)(H,19,20). The molecule has 0 radical (unpaired) electrons. The molecule has 100 valence electrons. The Morgan fingerprint density at radius 1 is 1.35 bits per heavy atom. The lowest BCUT2D eigenvalue weighted by Gasteiger charge is -2.03. The molecule has 0 aromatic carbocycles. The summed E-state index contributed by atoms with van der Waals surface area (Å²) in [4.78, 5) is 29.6. The van der Waals surface area contributed by atoms with Crippen LogP contribution >= 0.6 is 0 Å². The van der Waals surface area contributed by atoms with E-state index in [-0.39, 0.29) is 10.9 Å². The second-order valence-electron chi connectivity index (χ2n) is 4.26. The zero-order chi connectivity index (χ0) is 14.1. The van der Waals surface area contributed by atoms with Crippen LogP contribution in [0, 0.1) is 0 Å². The molecule has 0 aliphatic heterocycles. The molecule has 7 nitrogen and oxygen atoms in total. The molecule has 0 unspecified atom stereocenters. The molecule has 3 rings (SSSR count). The first-order valence-electron chi connectivity index (χ1n) is 5.86. The van der Waals surface area contributed by atoms with Gasteiger partial charge in [-0.25, -0.2) is 9.48 Å². The van der Waals surface area contributed by atoms with Gasteiger partial charge in [0, 0.05) is 18.6 Å². The van der Waals surface area contributed by atoms with E-state index in [1.165, 1.54) is 12.4 Å². The molecular weight excluding hydrogens is 260 g/mol. The maximum absolute atomic E-state index is 12.0. The Bertz CT molecular complexity index is 836. The minimum Gasteiger partial charge on any atom is -0.477 e. The van der Waals surface area contributed by atoms with Gasteiger partial charge in [-0.2, -0.15) is 5.10 Å². The number of hydrogen-bond donors (Lipinski definition) is 2. The Labute approximate surface area is 112 Å². The first-order valence-corrected chi connectivity index (χ1v) is 5.86. The number of fused-ring (bicyclic) bond motifs is 1. The predicted octanol–water partition coefficient (Wildman–Crippen LogP) is 0.866. The number of hydrogen-bond acceptors (Lipinski definition) is 4. The fraction of sp³-hybridized carbons (Fsp3) is 0.0769. The molecule has 0 spiro atoms. The van der Waals surface area contributed by atoms with Gasteiger partial charge in [-0.1, -0.05) is 0 Å². The zero-order valence-electron chi connectivity index (χ0n) is 10.3. The SMILES string of the molecule is O=C(O)c1c[nH]c2c(cnn2Cc2ccncc2)c1=O. The average molecular weight is 270 g/mol. The Hall–Kier alpha value is -2.96. The van der Waals surface area contributed by atoms with Crippen LogP contribution in [0.3, 0.4) is 0 Å². The lowest BCUT2D eigenvalue weighted by Crippen LogP contribution is -2.15. The number of H-pyrrole nitrogens is 1. The molecule has 20 heavy (non-hydrogen) atoms. The molecule has 7 heteroatoms. The number of carbonyl (C=O) groups is 1. The molecular formula is C13H10N4O3. The van der Waals surface area contributed by atoms with Crippen molar-refractivity contribution in [3.8, 4) is 0 Å². The summed E-state index contributed by atoms with van der Waals surface area (Å²) in [6, 6.07) is 3.69. The first-order chi connectivity index (χ1) is 9.66. The molecule has 0 aliphatic rings. The molecule has 0 aliphatic carbocycles. The molecule has 3 aromatic heterocycles. The quantitative estimate of drug-likeness (QED) is 0.735. The van der Waals surface area contributed by atoms with Gasteiger partial charge >= 0.3 is 5.97 Å². The maximum Gasteiger partial charge on any atom is 0.341 e. The van der Waals surface area contributed by atoms with E-state index in [0.717, 1.165) is 5.56 Å². The number of nitrogens with zero attached hydrogens (tertiary/aromatic N) is 3. The van der Waals surface area contributed by atoms with E-state index in [0.29, 0.717) is 12.2 Å². The van der Waals surface area contributed by atoms with Crippen LogP contribution in [0.2, 0.25) is 0 Å². The summed E-state index contributed by atoms with van der Waals surface area (Å²) in [5, 5.41) is 13.3. The third kappa shape index (κ3) is 1.95. The summed E-state index contributed by atoms with van der Waals surface area (Å²) < 4.78 is 1.61. The summed E-state index contributed by atoms with van der Waals surface area (Å²) in [7, 11) is 0. The van der Waals surface area contributed by atoms with Crippen molar-refractivity contribution in [1.29, 1.82) is 0 Å². The third-order valence-electron chi connectivity index (χ3n) is 2.99. The van der Waals surface area contributed by atoms with Crippen LogP contribution in [0.25, 0.3) is 11.0 Å². The van der Waals surface area contributed by atoms with Crippen molar-refractivity contribution in [3.05, 3.63) is 58.3 Å². The van der Waals surface area contributed by atoms with Gasteiger partial charge in [0.15, 0.2) is 0 Å². The van der Waals surface area contributed by atoms with E-state index in [2.05, 4.69) is 15.1 Å². The van der Waals surface area contributed by atoms with E-state index < -0.39 is 11.4 Å². The number of rotatable bonds is 3. The fourth-order valence-electron chi connectivity index (χ4n) is 1.99. The number of carboxylic acids is 1. The van der Waals surface area contributed by atoms with E-state index in [1.807, 2.05) is 12.1 Å². The first kappa shape index (κ1) is 12.1. The van der Waals surface area contributed by atoms with Crippen molar-refractivity contribution in [2.75, 3.05) is 0 Å². The molecule has 3 heterocycles. The topological polar surface area (TPSA) is 101 Å². The van der Waals surface area contributed by atoms with Crippen LogP contribution in [0.15, 0.2) is 41.7 Å². The van der Waals surface area contributed by atoms with Crippen molar-refractivity contribution < 1.29 is 9.90 Å². The minimum atomic E-state index is -1.25. The van der Waals surface area contributed by atoms with Crippen LogP contribution in [-0.2, 0) is 6.54 Å². The molecule has 0 saturated heterocycles. The third-order valence-corrected chi connectivity index (χ3v) is 2.99. The fourth-order valence-corrected chi connectivity index (χ4v) is 1.99. The Balaban J connectivity index is 2.09. The molecule has 0 fully saturated rings. The van der Waals surface area contributed by atoms with E-state index in [1.54, 1.807) is 17.1 Å². The number of carboxylic acid groups (broad SMARTS) is 1. The monoisotopic (exact) mass is 270 g/mol. The average Bonchev–Trinajstić information content (AvgIpc) is 2.84. The van der Waals surface area contributed by atoms with Gasteiger partial charge in [0.2, 0.25) is 5.43 Å². The van der Waals surface area contributed by atoms with Crippen LogP contribution in [0.4, 0.5) is 0 Å². The predicted molar refractivity (Wildman–Crippen MR) is 70.7 cm³/mol. The zero-order valence-corrected chi connectivity index (χ0v) is 10.3. The highest BCUT2D eigenvalue weighted by Crippen LogP contribution is 2.10. The number of aromatic carboxylic acids is 1. The highest BCUT2D eigenvalue weighted by Gasteiger charge is 2.14. The van der Waals surface area contributed by atoms with E-state index in [9.17, 15) is 9.59 Å². The van der Waals surface area contributed by atoms with Crippen molar-refractivity contribution in [3.63, 3.8) is 0 Å². The van der Waals surface area contributed by atoms with Gasteiger partial charge in [-0.15, -0.1) is 0 Å². The number of aromatic amines is 1. The number of pyridine rings is 2. The van der Waals surface area contributed by atoms with Gasteiger partial charge < -0.3 is 10.1 Å². The van der Waals surface area contributed by atoms with Gasteiger partial charge in [0.25, 0.3) is 0 Å². The summed E-state index contributed by atoms with van der Waals surface area (Å²) in [6.07, 6.45) is 5.91. The lowest BCUT2D eigenvalue weighted by atomic mass is 10.2. The lowest BCUT2D eigenvalue weighted by molar-refractivity contribution is 0.0695. The Kier molecular flexibility index (Phi) is 2.79. The molecule has 0 bridgehead atoms. The van der Waals surface area contributed by atoms with Crippen molar-refractivity contribution in [2.24, 2.45) is 0 Å². The van der Waals surface area contributed by atoms with Crippen LogP contribution in [0.1, 0.15) is 15.9 Å². The second-order valence-corrected chi connectivity index (χ2v) is 4.26. The van der Waals surface area contributed by atoms with Gasteiger partial charge in [-0.05, 0) is 17.7 Å². The Morgan fingerprint density at radius 3 is 2.80 bits per heavy atom. The van der Waals surface area contributed by atoms with Gasteiger partial charge in [0.1, 0.15) is 11.2 Å². The van der Waals surface area contributed by atoms with Crippen molar-refractivity contribution in [1.82, 2.24) is 19.7 Å². The Morgan fingerprint density at radius 2 is 2.10 bits per heavy atom. The molecule has 0 amide bonds. The van der Waals surface area contributed by atoms with Gasteiger partial charge in [-0.3, -0.25) is 9.78 Å². The summed E-state index contributed by atoms with van der Waals surface area (Å²) in [5.41, 5.74) is 0.651. The number of aromatic nitrogens is 4. The molecule has 0 atom stereocenters. The summed E-state index contributed by atoms with van der Waals surface area (Å²) in [5.74, 6) is -1.25. The molecule has 3 aromatic rings. The maximum atomic E-state index is 12.0. The van der Waals surface area contributed by atoms with Gasteiger partial charge in [0.05, 0.1) is 18.1 Å². The van der Waals surface area contributed by atoms with Crippen molar-refractivity contribution >= 4 is 17.0 Å². The van der Waals surface area contributed by atoms with Crippen molar-refractivity contribution in [2.45, 2.75) is 6.54 Å². The van der Waals surface area contributed by atoms with Crippen LogP contribution < -0.4 is 5.43 Å². The van der Waals surface area contributed by atoms with E-state index >= 15 is 0 Å². The molecule has 0 saturated carbocycles. The smallest absolute Gasteiger partial charge is 0.341 e. The van der Waals surface area contributed by atoms with E-state index in [4.69, 9.17) is 5.11 Å². The normalized spacial score (nSPS) is 10.8. The number of nitrogens with one attached hydrogen (secondary N) is 1. The summed E-state index contributed by atoms with van der Waals surface area (Å²) >= 11 is 0. The largest absolute Gasteiger partial charge is 0.477 e.